The molecule has 0 heterocycles. The minimum Gasteiger partial charge on any atom is -0.494 e. The molecule has 1 unspecified atom stereocenters. The Labute approximate surface area is 164 Å². The number of ether oxygens (including phenoxy) is 1. The quantitative estimate of drug-likeness (QED) is 0.612. The second-order valence-electron chi connectivity index (χ2n) is 6.24. The summed E-state index contributed by atoms with van der Waals surface area (Å²) in [5.41, 5.74) is 1.39. The average molecular weight is 387 g/mol. The van der Waals surface area contributed by atoms with Gasteiger partial charge < -0.3 is 20.7 Å². The maximum Gasteiger partial charge on any atom is 0.315 e. The Bertz CT molecular complexity index is 763. The molecule has 0 aromatic heterocycles. The zero-order chi connectivity index (χ0) is 20.4. The monoisotopic (exact) mass is 387 g/mol. The highest BCUT2D eigenvalue weighted by Gasteiger charge is 2.20. The van der Waals surface area contributed by atoms with Crippen LogP contribution >= 0.6 is 0 Å². The maximum atomic E-state index is 12.9. The zero-order valence-electron chi connectivity index (χ0n) is 16.1. The van der Waals surface area contributed by atoms with Crippen molar-refractivity contribution in [2.24, 2.45) is 0 Å². The number of rotatable bonds is 9. The number of hydrogen-bond donors (Lipinski definition) is 3. The van der Waals surface area contributed by atoms with Crippen molar-refractivity contribution in [2.45, 2.75) is 39.3 Å². The Morgan fingerprint density at radius 3 is 2.32 bits per heavy atom. The summed E-state index contributed by atoms with van der Waals surface area (Å²) in [6.45, 7) is 4.65. The van der Waals surface area contributed by atoms with Crippen molar-refractivity contribution in [3.05, 3.63) is 59.9 Å². The van der Waals surface area contributed by atoms with E-state index in [0.717, 1.165) is 17.7 Å². The van der Waals surface area contributed by atoms with Crippen LogP contribution in [0.3, 0.4) is 0 Å². The van der Waals surface area contributed by atoms with E-state index in [2.05, 4.69) is 16.0 Å². The van der Waals surface area contributed by atoms with Gasteiger partial charge in [0.05, 0.1) is 6.61 Å². The van der Waals surface area contributed by atoms with Gasteiger partial charge in [-0.25, -0.2) is 9.18 Å². The van der Waals surface area contributed by atoms with E-state index >= 15 is 0 Å². The molecule has 1 atom stereocenters. The van der Waals surface area contributed by atoms with Crippen LogP contribution in [0.4, 0.5) is 14.9 Å². The molecule has 3 amide bonds. The first-order valence-corrected chi connectivity index (χ1v) is 9.34. The van der Waals surface area contributed by atoms with E-state index in [0.29, 0.717) is 18.7 Å². The molecule has 6 nitrogen and oxygen atoms in total. The van der Waals surface area contributed by atoms with Crippen LogP contribution in [0, 0.1) is 5.82 Å². The van der Waals surface area contributed by atoms with Gasteiger partial charge in [-0.1, -0.05) is 25.5 Å². The van der Waals surface area contributed by atoms with Gasteiger partial charge in [-0.3, -0.25) is 4.79 Å². The molecule has 7 heteroatoms. The molecule has 2 rings (SSSR count). The Morgan fingerprint density at radius 1 is 1.04 bits per heavy atom. The molecule has 0 spiro atoms. The number of anilines is 1. The van der Waals surface area contributed by atoms with E-state index in [1.54, 1.807) is 36.4 Å². The first-order valence-electron chi connectivity index (χ1n) is 9.34. The minimum absolute atomic E-state index is 0.242. The topological polar surface area (TPSA) is 79.5 Å². The second-order valence-corrected chi connectivity index (χ2v) is 6.24. The van der Waals surface area contributed by atoms with Crippen molar-refractivity contribution in [3.63, 3.8) is 0 Å². The summed E-state index contributed by atoms with van der Waals surface area (Å²) in [7, 11) is 0. The third kappa shape index (κ3) is 6.90. The van der Waals surface area contributed by atoms with Crippen LogP contribution in [0.15, 0.2) is 48.5 Å². The van der Waals surface area contributed by atoms with Gasteiger partial charge >= 0.3 is 6.03 Å². The number of carbonyl (C=O) groups is 2. The van der Waals surface area contributed by atoms with E-state index in [-0.39, 0.29) is 18.3 Å². The van der Waals surface area contributed by atoms with Crippen LogP contribution in [-0.2, 0) is 11.3 Å². The predicted octanol–water partition coefficient (Wildman–Crippen LogP) is 3.83. The molecule has 0 aliphatic heterocycles. The summed E-state index contributed by atoms with van der Waals surface area (Å²) in [6, 6.07) is 11.8. The van der Waals surface area contributed by atoms with Gasteiger partial charge in [-0.05, 0) is 55.3 Å². The third-order valence-electron chi connectivity index (χ3n) is 4.00. The molecule has 2 aromatic carbocycles. The maximum absolute atomic E-state index is 12.9. The minimum atomic E-state index is -0.662. The Kier molecular flexibility index (Phi) is 8.27. The van der Waals surface area contributed by atoms with Crippen molar-refractivity contribution in [3.8, 4) is 5.75 Å². The molecule has 28 heavy (non-hydrogen) atoms. The van der Waals surface area contributed by atoms with Crippen molar-refractivity contribution >= 4 is 17.6 Å². The van der Waals surface area contributed by atoms with Gasteiger partial charge in [-0.15, -0.1) is 0 Å². The summed E-state index contributed by atoms with van der Waals surface area (Å²) < 4.78 is 18.3. The van der Waals surface area contributed by atoms with Gasteiger partial charge in [-0.2, -0.15) is 0 Å². The van der Waals surface area contributed by atoms with Crippen molar-refractivity contribution < 1.29 is 18.7 Å². The van der Waals surface area contributed by atoms with Crippen molar-refractivity contribution in [2.75, 3.05) is 11.9 Å². The SMILES string of the molecule is CCCC(NC(=O)NCc1ccc(F)cc1)C(=O)Nc1ccc(OCC)cc1. The summed E-state index contributed by atoms with van der Waals surface area (Å²) in [5.74, 6) is 0.106. The van der Waals surface area contributed by atoms with Crippen LogP contribution in [0.1, 0.15) is 32.3 Å². The zero-order valence-corrected chi connectivity index (χ0v) is 16.1. The number of urea groups is 1. The lowest BCUT2D eigenvalue weighted by Gasteiger charge is -2.18. The largest absolute Gasteiger partial charge is 0.494 e. The van der Waals surface area contributed by atoms with Crippen LogP contribution < -0.4 is 20.7 Å². The molecule has 150 valence electrons. The summed E-state index contributed by atoms with van der Waals surface area (Å²) in [4.78, 5) is 24.7. The predicted molar refractivity (Wildman–Crippen MR) is 107 cm³/mol. The van der Waals surface area contributed by atoms with Crippen LogP contribution in [0.5, 0.6) is 5.75 Å². The standard InChI is InChI=1S/C21H26FN3O3/c1-3-5-19(20(26)24-17-10-12-18(13-11-17)28-4-2)25-21(27)23-14-15-6-8-16(22)9-7-15/h6-13,19H,3-5,14H2,1-2H3,(H,24,26)(H2,23,25,27). The number of amides is 3. The number of benzene rings is 2. The molecular formula is C21H26FN3O3. The summed E-state index contributed by atoms with van der Waals surface area (Å²) in [5, 5.41) is 8.17. The Balaban J connectivity index is 1.88. The van der Waals surface area contributed by atoms with Crippen molar-refractivity contribution in [1.29, 1.82) is 0 Å². The molecule has 0 aliphatic rings. The van der Waals surface area contributed by atoms with Gasteiger partial charge in [0.15, 0.2) is 0 Å². The molecule has 0 bridgehead atoms. The van der Waals surface area contributed by atoms with Gasteiger partial charge in [0.1, 0.15) is 17.6 Å². The number of hydrogen-bond acceptors (Lipinski definition) is 3. The van der Waals surface area contributed by atoms with E-state index < -0.39 is 12.1 Å². The van der Waals surface area contributed by atoms with Gasteiger partial charge in [0.2, 0.25) is 5.91 Å². The van der Waals surface area contributed by atoms with E-state index in [1.807, 2.05) is 13.8 Å². The average Bonchev–Trinajstić information content (AvgIpc) is 2.69. The fourth-order valence-electron chi connectivity index (χ4n) is 2.58. The number of halogens is 1. The lowest BCUT2D eigenvalue weighted by Crippen LogP contribution is -2.47. The van der Waals surface area contributed by atoms with Gasteiger partial charge in [0, 0.05) is 12.2 Å². The van der Waals surface area contributed by atoms with E-state index in [9.17, 15) is 14.0 Å². The number of carbonyl (C=O) groups excluding carboxylic acids is 2. The molecule has 0 saturated heterocycles. The van der Waals surface area contributed by atoms with Gasteiger partial charge in [0.25, 0.3) is 0 Å². The van der Waals surface area contributed by atoms with E-state index in [1.165, 1.54) is 12.1 Å². The first kappa shape index (κ1) is 21.2. The summed E-state index contributed by atoms with van der Waals surface area (Å²) >= 11 is 0. The second kappa shape index (κ2) is 10.9. The molecule has 0 radical (unpaired) electrons. The molecule has 0 aliphatic carbocycles. The van der Waals surface area contributed by atoms with Crippen LogP contribution in [0.2, 0.25) is 0 Å². The molecule has 0 saturated carbocycles. The highest BCUT2D eigenvalue weighted by molar-refractivity contribution is 5.97. The number of nitrogens with one attached hydrogen (secondary N) is 3. The molecular weight excluding hydrogens is 361 g/mol. The van der Waals surface area contributed by atoms with Crippen LogP contribution in [0.25, 0.3) is 0 Å². The summed E-state index contributed by atoms with van der Waals surface area (Å²) in [6.07, 6.45) is 1.24. The lowest BCUT2D eigenvalue weighted by atomic mass is 10.1. The third-order valence-corrected chi connectivity index (χ3v) is 4.00. The first-order chi connectivity index (χ1) is 13.5. The van der Waals surface area contributed by atoms with E-state index in [4.69, 9.17) is 4.74 Å². The molecule has 0 fully saturated rings. The normalized spacial score (nSPS) is 11.4. The van der Waals surface area contributed by atoms with Crippen molar-refractivity contribution in [1.82, 2.24) is 10.6 Å². The fraction of sp³-hybridized carbons (Fsp3) is 0.333. The highest BCUT2D eigenvalue weighted by atomic mass is 19.1. The smallest absolute Gasteiger partial charge is 0.315 e. The molecule has 2 aromatic rings. The fourth-order valence-corrected chi connectivity index (χ4v) is 2.58. The van der Waals surface area contributed by atoms with Crippen LogP contribution in [-0.4, -0.2) is 24.6 Å². The highest BCUT2D eigenvalue weighted by Crippen LogP contribution is 2.16. The lowest BCUT2D eigenvalue weighted by molar-refractivity contribution is -0.118. The Hall–Kier alpha value is -3.09. The Morgan fingerprint density at radius 2 is 1.71 bits per heavy atom. The molecule has 3 N–H and O–H groups in total.